The van der Waals surface area contributed by atoms with Crippen LogP contribution in [-0.2, 0) is 70.6 Å². The van der Waals surface area contributed by atoms with Crippen molar-refractivity contribution in [1.82, 2.24) is 0 Å². The molecule has 0 unspecified atom stereocenters. The van der Waals surface area contributed by atoms with Crippen LogP contribution in [0.25, 0.3) is 0 Å². The first kappa shape index (κ1) is 32.0. The number of rotatable bonds is 0. The maximum absolute atomic E-state index is 8.63. The molecule has 0 saturated heterocycles. The van der Waals surface area contributed by atoms with Gasteiger partial charge in [0.1, 0.15) is 0 Å². The Morgan fingerprint density at radius 2 is 0.471 bits per heavy atom. The van der Waals surface area contributed by atoms with Gasteiger partial charge in [0, 0.05) is 0 Å². The van der Waals surface area contributed by atoms with E-state index in [4.69, 9.17) is 42.9 Å². The van der Waals surface area contributed by atoms with Gasteiger partial charge in [0.05, 0.1) is 0 Å². The van der Waals surface area contributed by atoms with Crippen molar-refractivity contribution in [3.8, 4) is 0 Å². The van der Waals surface area contributed by atoms with Crippen LogP contribution in [0.2, 0.25) is 0 Å². The van der Waals surface area contributed by atoms with E-state index < -0.39 is 50.2 Å². The van der Waals surface area contributed by atoms with E-state index in [9.17, 15) is 0 Å². The fourth-order valence-corrected chi connectivity index (χ4v) is 0. The van der Waals surface area contributed by atoms with Crippen LogP contribution in [0.15, 0.2) is 0 Å². The molecule has 0 aromatic heterocycles. The first-order valence-electron chi connectivity index (χ1n) is 2.00. The molecule has 0 amide bonds. The normalized spacial score (nSPS) is 10.2. The Morgan fingerprint density at radius 3 is 0.471 bits per heavy atom. The Hall–Kier alpha value is 2.88. The quantitative estimate of drug-likeness (QED) is 0.207. The van der Waals surface area contributed by atoms with Crippen LogP contribution in [0.3, 0.4) is 0 Å². The molecular formula is BiCeMo3O12. The van der Waals surface area contributed by atoms with Crippen LogP contribution in [0.4, 0.5) is 0 Å². The van der Waals surface area contributed by atoms with E-state index in [1.165, 1.54) is 0 Å². The van der Waals surface area contributed by atoms with Crippen molar-refractivity contribution in [2.24, 2.45) is 0 Å². The predicted octanol–water partition coefficient (Wildman–Crippen LogP) is -8.24. The van der Waals surface area contributed by atoms with E-state index in [1.807, 2.05) is 0 Å². The van der Waals surface area contributed by atoms with Crippen molar-refractivity contribution in [2.45, 2.75) is 0 Å². The molecule has 0 aromatic rings. The number of hydrogen-bond donors (Lipinski definition) is 0. The molecule has 0 aliphatic carbocycles. The first-order valence-corrected chi connectivity index (χ1v) is 11.8. The zero-order chi connectivity index (χ0) is 13.5. The second-order valence-electron chi connectivity index (χ2n) is 1.22. The van der Waals surface area contributed by atoms with Gasteiger partial charge in [0.25, 0.3) is 0 Å². The Morgan fingerprint density at radius 1 is 0.471 bits per heavy atom. The van der Waals surface area contributed by atoms with E-state index >= 15 is 0 Å². The molecule has 0 heterocycles. The summed E-state index contributed by atoms with van der Waals surface area (Å²) in [6.45, 7) is 0. The molecule has 0 aliphatic heterocycles. The fraction of sp³-hybridized carbons (Fsp3) is 0. The van der Waals surface area contributed by atoms with Crippen molar-refractivity contribution < 1.29 is 135 Å². The van der Waals surface area contributed by atoms with Gasteiger partial charge < -0.3 is 0 Å². The third-order valence-electron chi connectivity index (χ3n) is 0. The molecular weight excluding hydrogens is 829 g/mol. The molecule has 0 aliphatic rings. The van der Waals surface area contributed by atoms with Crippen LogP contribution >= 0.6 is 0 Å². The molecule has 12 nitrogen and oxygen atoms in total. The van der Waals surface area contributed by atoms with Gasteiger partial charge in [-0.15, -0.1) is 0 Å². The van der Waals surface area contributed by atoms with Gasteiger partial charge in [-0.25, -0.2) is 0 Å². The molecule has 0 saturated carbocycles. The van der Waals surface area contributed by atoms with Gasteiger partial charge in [0.2, 0.25) is 0 Å². The Bertz CT molecular complexity index is 343. The van der Waals surface area contributed by atoms with Crippen LogP contribution in [0, 0.1) is 41.7 Å². The van der Waals surface area contributed by atoms with Crippen LogP contribution in [-0.4, -0.2) is 26.2 Å². The zero-order valence-electron chi connectivity index (χ0n) is 7.07. The van der Waals surface area contributed by atoms with Gasteiger partial charge in [-0.3, -0.25) is 0 Å². The minimum absolute atomic E-state index is 0. The maximum atomic E-state index is 8.63. The summed E-state index contributed by atoms with van der Waals surface area (Å²) in [6.07, 6.45) is 0. The minimum atomic E-state index is -6.02. The summed E-state index contributed by atoms with van der Waals surface area (Å²) >= 11 is -18.1. The van der Waals surface area contributed by atoms with Crippen LogP contribution < -0.4 is 22.6 Å². The molecule has 0 rings (SSSR count). The van der Waals surface area contributed by atoms with E-state index in [0.29, 0.717) is 0 Å². The second kappa shape index (κ2) is 13.8. The Balaban J connectivity index is -0.0000000400. The molecule has 0 bridgehead atoms. The van der Waals surface area contributed by atoms with E-state index in [-0.39, 0.29) is 68.0 Å². The van der Waals surface area contributed by atoms with Crippen LogP contribution in [0.1, 0.15) is 0 Å². The van der Waals surface area contributed by atoms with Crippen molar-refractivity contribution in [1.29, 1.82) is 0 Å². The fourth-order valence-electron chi connectivity index (χ4n) is 0. The van der Waals surface area contributed by atoms with Crippen molar-refractivity contribution in [3.05, 3.63) is 0 Å². The summed E-state index contributed by atoms with van der Waals surface area (Å²) in [6, 6.07) is 0. The molecule has 0 N–H and O–H groups in total. The second-order valence-corrected chi connectivity index (χ2v) is 7.25. The summed E-state index contributed by atoms with van der Waals surface area (Å²) < 4.78 is 104. The standard InChI is InChI=1S/Bi.Ce.3Mo.12O/q2*+3;;;;;;;;;;6*-1. The molecule has 17 heavy (non-hydrogen) atoms. The van der Waals surface area contributed by atoms with Gasteiger partial charge in [-0.2, -0.15) is 0 Å². The molecule has 99 valence electrons. The summed E-state index contributed by atoms with van der Waals surface area (Å²) in [5.74, 6) is 0. The number of hydrogen-bond acceptors (Lipinski definition) is 12. The molecule has 0 aromatic carbocycles. The van der Waals surface area contributed by atoms with Crippen molar-refractivity contribution in [3.63, 3.8) is 0 Å². The summed E-state index contributed by atoms with van der Waals surface area (Å²) in [7, 11) is 0. The summed E-state index contributed by atoms with van der Waals surface area (Å²) in [5, 5.41) is 0. The predicted molar refractivity (Wildman–Crippen MR) is 9.87 cm³/mol. The van der Waals surface area contributed by atoms with Gasteiger partial charge in [-0.05, 0) is 0 Å². The van der Waals surface area contributed by atoms with E-state index in [0.717, 1.165) is 0 Å². The average Bonchev–Trinajstić information content (AvgIpc) is 1.41. The Kier molecular flexibility index (Phi) is 26.1. The third kappa shape index (κ3) is 647. The van der Waals surface area contributed by atoms with Gasteiger partial charge in [-0.1, -0.05) is 0 Å². The Labute approximate surface area is 158 Å². The topological polar surface area (TPSA) is 241 Å². The molecule has 0 atom stereocenters. The molecule has 0 spiro atoms. The van der Waals surface area contributed by atoms with Crippen LogP contribution in [0.5, 0.6) is 0 Å². The molecule has 0 fully saturated rings. The summed E-state index contributed by atoms with van der Waals surface area (Å²) in [5.41, 5.74) is 0. The zero-order valence-corrected chi connectivity index (χ0v) is 19.7. The molecule has 3 radical (unpaired) electrons. The van der Waals surface area contributed by atoms with Crippen molar-refractivity contribution >= 4 is 26.2 Å². The molecule has 17 heteroatoms. The SMILES string of the molecule is [Bi+3].[Ce+3].[O]=[Mo](=[O])([O-])[O-].[O]=[Mo](=[O])([O-])[O-].[O]=[Mo](=[O])([O-])[O-]. The van der Waals surface area contributed by atoms with Gasteiger partial charge >= 0.3 is 161 Å². The van der Waals surface area contributed by atoms with Gasteiger partial charge in [0.15, 0.2) is 0 Å². The van der Waals surface area contributed by atoms with Crippen molar-refractivity contribution in [2.75, 3.05) is 0 Å². The average molecular weight is 829 g/mol. The van der Waals surface area contributed by atoms with E-state index in [1.54, 1.807) is 0 Å². The van der Waals surface area contributed by atoms with E-state index in [2.05, 4.69) is 0 Å². The third-order valence-corrected chi connectivity index (χ3v) is 0. The summed E-state index contributed by atoms with van der Waals surface area (Å²) in [4.78, 5) is 0. The first-order chi connectivity index (χ1) is 6.00. The monoisotopic (exact) mass is 835 g/mol.